The first-order valence-corrected chi connectivity index (χ1v) is 7.84. The summed E-state index contributed by atoms with van der Waals surface area (Å²) in [7, 11) is -3.14. The lowest BCUT2D eigenvalue weighted by Gasteiger charge is -2.10. The molecule has 0 aliphatic rings. The number of rotatable bonds is 3. The van der Waals surface area contributed by atoms with Crippen molar-refractivity contribution in [3.05, 3.63) is 52.2 Å². The van der Waals surface area contributed by atoms with Gasteiger partial charge in [-0.25, -0.2) is 8.42 Å². The number of thiophene rings is 1. The second-order valence-corrected chi connectivity index (χ2v) is 6.83. The molecule has 0 saturated carbocycles. The van der Waals surface area contributed by atoms with E-state index in [0.717, 1.165) is 10.4 Å². The first-order valence-electron chi connectivity index (χ1n) is 5.07. The van der Waals surface area contributed by atoms with Gasteiger partial charge in [0.05, 0.1) is 10.9 Å². The molecular formula is C12H14ClNO2S2. The molecule has 2 aromatic rings. The van der Waals surface area contributed by atoms with Gasteiger partial charge in [0.2, 0.25) is 0 Å². The third-order valence-corrected chi connectivity index (χ3v) is 4.60. The Balaban J connectivity index is 0.00000162. The fourth-order valence-electron chi connectivity index (χ4n) is 1.55. The number of sulfone groups is 1. The van der Waals surface area contributed by atoms with E-state index in [9.17, 15) is 8.42 Å². The normalized spacial score (nSPS) is 12.8. The van der Waals surface area contributed by atoms with Crippen LogP contribution in [0.4, 0.5) is 0 Å². The molecule has 0 fully saturated rings. The molecule has 0 saturated heterocycles. The molecule has 0 amide bonds. The van der Waals surface area contributed by atoms with Gasteiger partial charge in [0.1, 0.15) is 0 Å². The highest BCUT2D eigenvalue weighted by Gasteiger charge is 2.11. The standard InChI is InChI=1S/C12H13NO2S2.ClH/c1-17(14,15)10-6-4-9(5-7-10)12(13)11-3-2-8-16-11;/h2-8,12H,13H2,1H3;1H/t12-;/m0./s1. The zero-order valence-corrected chi connectivity index (χ0v) is 12.2. The van der Waals surface area contributed by atoms with E-state index in [-0.39, 0.29) is 18.4 Å². The molecule has 1 aromatic heterocycles. The second-order valence-electron chi connectivity index (χ2n) is 3.83. The van der Waals surface area contributed by atoms with Crippen molar-refractivity contribution in [3.8, 4) is 0 Å². The highest BCUT2D eigenvalue weighted by Crippen LogP contribution is 2.24. The van der Waals surface area contributed by atoms with E-state index in [1.165, 1.54) is 6.26 Å². The zero-order valence-electron chi connectivity index (χ0n) is 9.74. The van der Waals surface area contributed by atoms with Crippen LogP contribution >= 0.6 is 23.7 Å². The molecule has 1 atom stereocenters. The predicted molar refractivity (Wildman–Crippen MR) is 77.1 cm³/mol. The Morgan fingerprint density at radius 2 is 1.78 bits per heavy atom. The van der Waals surface area contributed by atoms with Crippen LogP contribution in [0.1, 0.15) is 16.5 Å². The van der Waals surface area contributed by atoms with E-state index in [1.54, 1.807) is 35.6 Å². The number of nitrogens with two attached hydrogens (primary N) is 1. The van der Waals surface area contributed by atoms with Crippen molar-refractivity contribution in [2.24, 2.45) is 5.73 Å². The van der Waals surface area contributed by atoms with E-state index < -0.39 is 9.84 Å². The van der Waals surface area contributed by atoms with E-state index in [1.807, 2.05) is 17.5 Å². The van der Waals surface area contributed by atoms with Crippen molar-refractivity contribution in [2.45, 2.75) is 10.9 Å². The Morgan fingerprint density at radius 1 is 1.17 bits per heavy atom. The summed E-state index contributed by atoms with van der Waals surface area (Å²) >= 11 is 1.59. The first kappa shape index (κ1) is 15.2. The summed E-state index contributed by atoms with van der Waals surface area (Å²) in [5.41, 5.74) is 7.00. The van der Waals surface area contributed by atoms with E-state index >= 15 is 0 Å². The third kappa shape index (κ3) is 3.32. The van der Waals surface area contributed by atoms with Gasteiger partial charge in [-0.15, -0.1) is 23.7 Å². The maximum atomic E-state index is 11.3. The van der Waals surface area contributed by atoms with Crippen molar-refractivity contribution in [3.63, 3.8) is 0 Å². The van der Waals surface area contributed by atoms with Crippen molar-refractivity contribution < 1.29 is 8.42 Å². The van der Waals surface area contributed by atoms with Crippen molar-refractivity contribution in [1.82, 2.24) is 0 Å². The van der Waals surface area contributed by atoms with Crippen LogP contribution in [-0.2, 0) is 9.84 Å². The number of hydrogen-bond donors (Lipinski definition) is 1. The van der Waals surface area contributed by atoms with Crippen LogP contribution in [0.15, 0.2) is 46.7 Å². The van der Waals surface area contributed by atoms with Gasteiger partial charge < -0.3 is 5.73 Å². The van der Waals surface area contributed by atoms with Gasteiger partial charge in [-0.05, 0) is 29.1 Å². The fraction of sp³-hybridized carbons (Fsp3) is 0.167. The van der Waals surface area contributed by atoms with Crippen LogP contribution in [0.5, 0.6) is 0 Å². The number of hydrogen-bond acceptors (Lipinski definition) is 4. The van der Waals surface area contributed by atoms with Crippen LogP contribution in [-0.4, -0.2) is 14.7 Å². The van der Waals surface area contributed by atoms with Gasteiger partial charge in [0.25, 0.3) is 0 Å². The average molecular weight is 304 g/mol. The summed E-state index contributed by atoms with van der Waals surface area (Å²) in [5, 5.41) is 1.97. The number of benzene rings is 1. The Labute approximate surface area is 117 Å². The summed E-state index contributed by atoms with van der Waals surface area (Å²) in [6.45, 7) is 0. The summed E-state index contributed by atoms with van der Waals surface area (Å²) in [5.74, 6) is 0. The zero-order chi connectivity index (χ0) is 12.5. The van der Waals surface area contributed by atoms with Gasteiger partial charge in [-0.3, -0.25) is 0 Å². The van der Waals surface area contributed by atoms with Gasteiger partial charge in [-0.1, -0.05) is 18.2 Å². The topological polar surface area (TPSA) is 60.2 Å². The molecular weight excluding hydrogens is 290 g/mol. The minimum Gasteiger partial charge on any atom is -0.320 e. The SMILES string of the molecule is CS(=O)(=O)c1ccc([C@H](N)c2cccs2)cc1.Cl. The molecule has 2 rings (SSSR count). The predicted octanol–water partition coefficient (Wildman–Crippen LogP) is 2.62. The van der Waals surface area contributed by atoms with Gasteiger partial charge in [-0.2, -0.15) is 0 Å². The monoisotopic (exact) mass is 303 g/mol. The molecule has 0 bridgehead atoms. The summed E-state index contributed by atoms with van der Waals surface area (Å²) < 4.78 is 22.6. The van der Waals surface area contributed by atoms with Crippen molar-refractivity contribution in [2.75, 3.05) is 6.26 Å². The fourth-order valence-corrected chi connectivity index (χ4v) is 2.94. The molecule has 0 unspecified atom stereocenters. The summed E-state index contributed by atoms with van der Waals surface area (Å²) in [6, 6.07) is 10.5. The Kier molecular flexibility index (Phi) is 4.92. The Hall–Kier alpha value is -0.880. The van der Waals surface area contributed by atoms with Gasteiger partial charge in [0.15, 0.2) is 9.84 Å². The minimum atomic E-state index is -3.14. The Morgan fingerprint density at radius 3 is 2.22 bits per heavy atom. The third-order valence-electron chi connectivity index (χ3n) is 2.52. The molecule has 1 heterocycles. The lowest BCUT2D eigenvalue weighted by atomic mass is 10.1. The maximum Gasteiger partial charge on any atom is 0.175 e. The van der Waals surface area contributed by atoms with E-state index in [4.69, 9.17) is 5.73 Å². The first-order chi connectivity index (χ1) is 7.98. The quantitative estimate of drug-likeness (QED) is 0.948. The average Bonchev–Trinajstić information content (AvgIpc) is 2.80. The van der Waals surface area contributed by atoms with Gasteiger partial charge in [0, 0.05) is 11.1 Å². The van der Waals surface area contributed by atoms with E-state index in [2.05, 4.69) is 0 Å². The maximum absolute atomic E-state index is 11.3. The molecule has 3 nitrogen and oxygen atoms in total. The molecule has 18 heavy (non-hydrogen) atoms. The molecule has 6 heteroatoms. The summed E-state index contributed by atoms with van der Waals surface area (Å²) in [6.07, 6.45) is 1.20. The highest BCUT2D eigenvalue weighted by atomic mass is 35.5. The second kappa shape index (κ2) is 5.84. The molecule has 2 N–H and O–H groups in total. The lowest BCUT2D eigenvalue weighted by Crippen LogP contribution is -2.10. The van der Waals surface area contributed by atoms with Crippen LogP contribution in [0.3, 0.4) is 0 Å². The van der Waals surface area contributed by atoms with E-state index in [0.29, 0.717) is 4.90 Å². The van der Waals surface area contributed by atoms with Crippen LogP contribution in [0.25, 0.3) is 0 Å². The molecule has 98 valence electrons. The molecule has 0 spiro atoms. The lowest BCUT2D eigenvalue weighted by molar-refractivity contribution is 0.602. The van der Waals surface area contributed by atoms with Crippen LogP contribution in [0, 0.1) is 0 Å². The molecule has 0 radical (unpaired) electrons. The van der Waals surface area contributed by atoms with Crippen LogP contribution < -0.4 is 5.73 Å². The highest BCUT2D eigenvalue weighted by molar-refractivity contribution is 7.90. The number of halogens is 1. The Bertz CT molecular complexity index is 592. The van der Waals surface area contributed by atoms with Crippen LogP contribution in [0.2, 0.25) is 0 Å². The van der Waals surface area contributed by atoms with Gasteiger partial charge >= 0.3 is 0 Å². The molecule has 0 aliphatic heterocycles. The molecule has 1 aromatic carbocycles. The minimum absolute atomic E-state index is 0. The largest absolute Gasteiger partial charge is 0.320 e. The summed E-state index contributed by atoms with van der Waals surface area (Å²) in [4.78, 5) is 1.39. The smallest absolute Gasteiger partial charge is 0.175 e. The molecule has 0 aliphatic carbocycles. The van der Waals surface area contributed by atoms with Crippen molar-refractivity contribution in [1.29, 1.82) is 0 Å². The van der Waals surface area contributed by atoms with Crippen molar-refractivity contribution >= 4 is 33.6 Å².